The van der Waals surface area contributed by atoms with E-state index < -0.39 is 0 Å². The molecule has 0 bridgehead atoms. The van der Waals surface area contributed by atoms with Crippen molar-refractivity contribution in [1.29, 1.82) is 0 Å². The molecule has 0 atom stereocenters. The first kappa shape index (κ1) is 20.8. The van der Waals surface area contributed by atoms with Crippen LogP contribution in [0, 0.1) is 0 Å². The lowest BCUT2D eigenvalue weighted by Crippen LogP contribution is -2.25. The lowest BCUT2D eigenvalue weighted by Gasteiger charge is -2.05. The van der Waals surface area contributed by atoms with Crippen molar-refractivity contribution in [2.75, 3.05) is 24.7 Å². The van der Waals surface area contributed by atoms with Gasteiger partial charge in [0.1, 0.15) is 10.8 Å². The average Bonchev–Trinajstić information content (AvgIpc) is 3.20. The Hall–Kier alpha value is -2.91. The molecule has 9 heteroatoms. The Labute approximate surface area is 176 Å². The third kappa shape index (κ3) is 6.58. The van der Waals surface area contributed by atoms with Gasteiger partial charge in [-0.25, -0.2) is 0 Å². The van der Waals surface area contributed by atoms with Crippen LogP contribution in [0.1, 0.15) is 15.4 Å². The zero-order valence-electron chi connectivity index (χ0n) is 15.8. The predicted molar refractivity (Wildman–Crippen MR) is 115 cm³/mol. The number of methoxy groups -OCH3 is 1. The SMILES string of the molecule is COc1cccc(C(=O)NCCc2nnc(NC(=O)CSc3ccccc3)s2)c1. The maximum absolute atomic E-state index is 12.2. The molecule has 1 aromatic heterocycles. The van der Waals surface area contributed by atoms with Crippen molar-refractivity contribution in [3.8, 4) is 5.75 Å². The highest BCUT2D eigenvalue weighted by Gasteiger charge is 2.10. The van der Waals surface area contributed by atoms with Crippen LogP contribution in [0.5, 0.6) is 5.75 Å². The van der Waals surface area contributed by atoms with Gasteiger partial charge in [0.25, 0.3) is 5.91 Å². The van der Waals surface area contributed by atoms with Crippen LogP contribution in [0.15, 0.2) is 59.5 Å². The number of hydrogen-bond acceptors (Lipinski definition) is 7. The smallest absolute Gasteiger partial charge is 0.251 e. The first-order valence-corrected chi connectivity index (χ1v) is 10.7. The molecule has 0 aliphatic rings. The molecule has 0 aliphatic heterocycles. The second-order valence-corrected chi connectivity index (χ2v) is 8.00. The highest BCUT2D eigenvalue weighted by Crippen LogP contribution is 2.19. The van der Waals surface area contributed by atoms with Crippen molar-refractivity contribution < 1.29 is 14.3 Å². The molecule has 2 aromatic carbocycles. The summed E-state index contributed by atoms with van der Waals surface area (Å²) < 4.78 is 5.12. The molecule has 7 nitrogen and oxygen atoms in total. The number of anilines is 1. The third-order valence-electron chi connectivity index (χ3n) is 3.78. The third-order valence-corrected chi connectivity index (χ3v) is 5.69. The van der Waals surface area contributed by atoms with E-state index in [0.29, 0.717) is 35.2 Å². The largest absolute Gasteiger partial charge is 0.497 e. The van der Waals surface area contributed by atoms with Crippen LogP contribution < -0.4 is 15.4 Å². The normalized spacial score (nSPS) is 10.4. The Morgan fingerprint density at radius 1 is 1.10 bits per heavy atom. The summed E-state index contributed by atoms with van der Waals surface area (Å²) in [5.41, 5.74) is 0.533. The lowest BCUT2D eigenvalue weighted by atomic mass is 10.2. The van der Waals surface area contributed by atoms with E-state index in [1.807, 2.05) is 30.3 Å². The number of aromatic nitrogens is 2. The van der Waals surface area contributed by atoms with E-state index in [2.05, 4.69) is 20.8 Å². The molecule has 3 rings (SSSR count). The summed E-state index contributed by atoms with van der Waals surface area (Å²) in [6.45, 7) is 0.419. The van der Waals surface area contributed by atoms with Crippen LogP contribution >= 0.6 is 23.1 Å². The van der Waals surface area contributed by atoms with Gasteiger partial charge in [-0.2, -0.15) is 0 Å². The number of nitrogens with zero attached hydrogens (tertiary/aromatic N) is 2. The highest BCUT2D eigenvalue weighted by atomic mass is 32.2. The molecule has 29 heavy (non-hydrogen) atoms. The van der Waals surface area contributed by atoms with Crippen molar-refractivity contribution in [1.82, 2.24) is 15.5 Å². The van der Waals surface area contributed by atoms with Gasteiger partial charge in [-0.3, -0.25) is 14.9 Å². The maximum atomic E-state index is 12.2. The van der Waals surface area contributed by atoms with E-state index in [-0.39, 0.29) is 11.8 Å². The standard InChI is InChI=1S/C20H20N4O3S2/c1-27-15-7-5-6-14(12-15)19(26)21-11-10-18-23-24-20(29-18)22-17(25)13-28-16-8-3-2-4-9-16/h2-9,12H,10-11,13H2,1H3,(H,21,26)(H,22,24,25). The first-order valence-electron chi connectivity index (χ1n) is 8.86. The highest BCUT2D eigenvalue weighted by molar-refractivity contribution is 8.00. The van der Waals surface area contributed by atoms with E-state index in [1.165, 1.54) is 23.1 Å². The van der Waals surface area contributed by atoms with Gasteiger partial charge in [0.2, 0.25) is 11.0 Å². The molecule has 0 saturated carbocycles. The number of rotatable bonds is 9. The van der Waals surface area contributed by atoms with Gasteiger partial charge in [0, 0.05) is 23.4 Å². The molecule has 0 radical (unpaired) electrons. The molecule has 0 saturated heterocycles. The summed E-state index contributed by atoms with van der Waals surface area (Å²) in [4.78, 5) is 25.3. The fraction of sp³-hybridized carbons (Fsp3) is 0.200. The molecule has 150 valence electrons. The van der Waals surface area contributed by atoms with Gasteiger partial charge in [0.15, 0.2) is 0 Å². The van der Waals surface area contributed by atoms with Crippen LogP contribution in [0.4, 0.5) is 5.13 Å². The Bertz CT molecular complexity index is 963. The molecule has 0 spiro atoms. The quantitative estimate of drug-likeness (QED) is 0.508. The Morgan fingerprint density at radius 2 is 1.93 bits per heavy atom. The van der Waals surface area contributed by atoms with Crippen LogP contribution in [-0.4, -0.2) is 41.4 Å². The average molecular weight is 429 g/mol. The van der Waals surface area contributed by atoms with Crippen molar-refractivity contribution in [3.63, 3.8) is 0 Å². The number of ether oxygens (including phenoxy) is 1. The Balaban J connectivity index is 1.41. The van der Waals surface area contributed by atoms with E-state index in [9.17, 15) is 9.59 Å². The minimum Gasteiger partial charge on any atom is -0.497 e. The molecule has 0 unspecified atom stereocenters. The number of hydrogen-bond donors (Lipinski definition) is 2. The van der Waals surface area contributed by atoms with Crippen LogP contribution in [0.3, 0.4) is 0 Å². The second kappa shape index (κ2) is 10.6. The maximum Gasteiger partial charge on any atom is 0.251 e. The number of thioether (sulfide) groups is 1. The molecule has 0 aliphatic carbocycles. The molecule has 3 aromatic rings. The van der Waals surface area contributed by atoms with E-state index in [1.54, 1.807) is 31.4 Å². The number of benzene rings is 2. The van der Waals surface area contributed by atoms with Gasteiger partial charge < -0.3 is 10.1 Å². The van der Waals surface area contributed by atoms with Crippen LogP contribution in [0.2, 0.25) is 0 Å². The summed E-state index contributed by atoms with van der Waals surface area (Å²) in [6.07, 6.45) is 0.530. The van der Waals surface area contributed by atoms with E-state index in [0.717, 1.165) is 9.90 Å². The number of nitrogens with one attached hydrogen (secondary N) is 2. The Morgan fingerprint density at radius 3 is 2.72 bits per heavy atom. The first-order chi connectivity index (χ1) is 14.1. The number of carbonyl (C=O) groups excluding carboxylic acids is 2. The summed E-state index contributed by atoms with van der Waals surface area (Å²) in [5, 5.41) is 14.8. The van der Waals surface area contributed by atoms with E-state index in [4.69, 9.17) is 4.74 Å². The van der Waals surface area contributed by atoms with Gasteiger partial charge in [-0.1, -0.05) is 35.6 Å². The molecule has 1 heterocycles. The van der Waals surface area contributed by atoms with Crippen molar-refractivity contribution in [2.24, 2.45) is 0 Å². The van der Waals surface area contributed by atoms with Crippen molar-refractivity contribution in [3.05, 3.63) is 65.2 Å². The fourth-order valence-electron chi connectivity index (χ4n) is 2.38. The minimum atomic E-state index is -0.181. The monoisotopic (exact) mass is 428 g/mol. The molecule has 0 fully saturated rings. The van der Waals surface area contributed by atoms with Crippen molar-refractivity contribution in [2.45, 2.75) is 11.3 Å². The molecular weight excluding hydrogens is 408 g/mol. The topological polar surface area (TPSA) is 93.2 Å². The van der Waals surface area contributed by atoms with Gasteiger partial charge in [0.05, 0.1) is 12.9 Å². The zero-order valence-corrected chi connectivity index (χ0v) is 17.4. The number of carbonyl (C=O) groups is 2. The second-order valence-electron chi connectivity index (χ2n) is 5.89. The van der Waals surface area contributed by atoms with Gasteiger partial charge in [-0.05, 0) is 30.3 Å². The molecule has 2 amide bonds. The molecular formula is C20H20N4O3S2. The number of amides is 2. The van der Waals surface area contributed by atoms with Crippen LogP contribution in [0.25, 0.3) is 0 Å². The zero-order chi connectivity index (χ0) is 20.5. The van der Waals surface area contributed by atoms with E-state index >= 15 is 0 Å². The Kier molecular flexibility index (Phi) is 7.60. The predicted octanol–water partition coefficient (Wildman–Crippen LogP) is 3.25. The van der Waals surface area contributed by atoms with Gasteiger partial charge in [-0.15, -0.1) is 22.0 Å². The fourth-order valence-corrected chi connectivity index (χ4v) is 3.85. The lowest BCUT2D eigenvalue weighted by molar-refractivity contribution is -0.113. The summed E-state index contributed by atoms with van der Waals surface area (Å²) in [6, 6.07) is 16.7. The summed E-state index contributed by atoms with van der Waals surface area (Å²) >= 11 is 2.76. The minimum absolute atomic E-state index is 0.132. The van der Waals surface area contributed by atoms with Gasteiger partial charge >= 0.3 is 0 Å². The van der Waals surface area contributed by atoms with Crippen LogP contribution in [-0.2, 0) is 11.2 Å². The van der Waals surface area contributed by atoms with Crippen molar-refractivity contribution >= 4 is 40.0 Å². The molecule has 2 N–H and O–H groups in total. The summed E-state index contributed by atoms with van der Waals surface area (Å²) in [5.74, 6) is 0.621. The summed E-state index contributed by atoms with van der Waals surface area (Å²) in [7, 11) is 1.56.